The van der Waals surface area contributed by atoms with Gasteiger partial charge in [0.2, 0.25) is 11.8 Å². The molecule has 1 saturated heterocycles. The Balaban J connectivity index is 1.57. The van der Waals surface area contributed by atoms with Crippen molar-refractivity contribution in [3.63, 3.8) is 0 Å². The largest absolute Gasteiger partial charge is 0.463 e. The summed E-state index contributed by atoms with van der Waals surface area (Å²) in [6.45, 7) is 1.75. The molecule has 1 aliphatic rings. The predicted octanol–water partition coefficient (Wildman–Crippen LogP) is 3.27. The average molecular weight is 391 g/mol. The van der Waals surface area contributed by atoms with Crippen LogP contribution in [-0.2, 0) is 9.59 Å². The van der Waals surface area contributed by atoms with Gasteiger partial charge < -0.3 is 15.1 Å². The Morgan fingerprint density at radius 1 is 1.35 bits per heavy atom. The molecule has 26 heavy (non-hydrogen) atoms. The van der Waals surface area contributed by atoms with Gasteiger partial charge in [-0.1, -0.05) is 23.4 Å². The number of amidine groups is 1. The molecule has 3 rings (SSSR count). The van der Waals surface area contributed by atoms with E-state index in [0.29, 0.717) is 27.3 Å². The molecular formula is C17H15ClN4O3S. The summed E-state index contributed by atoms with van der Waals surface area (Å²) in [6.07, 6.45) is 1.57. The van der Waals surface area contributed by atoms with Crippen LogP contribution in [0.4, 0.5) is 5.69 Å². The molecule has 0 spiro atoms. The second-order valence-electron chi connectivity index (χ2n) is 5.42. The van der Waals surface area contributed by atoms with Crippen LogP contribution in [0.15, 0.2) is 57.3 Å². The number of anilines is 1. The Labute approximate surface area is 158 Å². The van der Waals surface area contributed by atoms with Crippen molar-refractivity contribution in [3.05, 3.63) is 53.4 Å². The van der Waals surface area contributed by atoms with Crippen LogP contribution in [0.2, 0.25) is 5.02 Å². The van der Waals surface area contributed by atoms with Crippen molar-refractivity contribution in [2.45, 2.75) is 18.6 Å². The molecule has 9 heteroatoms. The SMILES string of the molecule is C/C(=N\N=C1/NC(=O)[C@H](CC(=O)Nc2ccc(Cl)cc2)S1)c1ccco1. The summed E-state index contributed by atoms with van der Waals surface area (Å²) in [7, 11) is 0. The summed E-state index contributed by atoms with van der Waals surface area (Å²) in [5, 5.41) is 13.8. The Morgan fingerprint density at radius 3 is 2.81 bits per heavy atom. The maximum Gasteiger partial charge on any atom is 0.240 e. The van der Waals surface area contributed by atoms with Crippen LogP contribution >= 0.6 is 23.4 Å². The lowest BCUT2D eigenvalue weighted by atomic mass is 10.2. The van der Waals surface area contributed by atoms with E-state index in [1.54, 1.807) is 49.6 Å². The number of furan rings is 1. The van der Waals surface area contributed by atoms with Crippen LogP contribution in [-0.4, -0.2) is 27.9 Å². The number of halogens is 1. The summed E-state index contributed by atoms with van der Waals surface area (Å²) < 4.78 is 5.21. The van der Waals surface area contributed by atoms with Gasteiger partial charge in [-0.15, -0.1) is 10.2 Å². The van der Waals surface area contributed by atoms with E-state index >= 15 is 0 Å². The zero-order valence-electron chi connectivity index (χ0n) is 13.7. The third kappa shape index (κ3) is 4.74. The average Bonchev–Trinajstić information content (AvgIpc) is 3.25. The zero-order chi connectivity index (χ0) is 18.5. The maximum absolute atomic E-state index is 12.1. The maximum atomic E-state index is 12.1. The van der Waals surface area contributed by atoms with Gasteiger partial charge in [-0.05, 0) is 43.3 Å². The third-order valence-electron chi connectivity index (χ3n) is 3.44. The van der Waals surface area contributed by atoms with Gasteiger partial charge in [0.15, 0.2) is 5.17 Å². The number of thioether (sulfide) groups is 1. The number of amides is 2. The number of carbonyl (C=O) groups excluding carboxylic acids is 2. The molecule has 2 amide bonds. The zero-order valence-corrected chi connectivity index (χ0v) is 15.3. The lowest BCUT2D eigenvalue weighted by Gasteiger charge is -2.07. The first-order valence-corrected chi connectivity index (χ1v) is 8.96. The van der Waals surface area contributed by atoms with Crippen molar-refractivity contribution in [2.75, 3.05) is 5.32 Å². The van der Waals surface area contributed by atoms with Crippen molar-refractivity contribution in [1.82, 2.24) is 5.32 Å². The molecule has 0 saturated carbocycles. The highest BCUT2D eigenvalue weighted by molar-refractivity contribution is 8.15. The van der Waals surface area contributed by atoms with Crippen LogP contribution in [0.25, 0.3) is 0 Å². The molecule has 1 fully saturated rings. The highest BCUT2D eigenvalue weighted by Gasteiger charge is 2.32. The van der Waals surface area contributed by atoms with Gasteiger partial charge in [0.25, 0.3) is 0 Å². The van der Waals surface area contributed by atoms with Gasteiger partial charge in [-0.3, -0.25) is 9.59 Å². The molecule has 1 aromatic heterocycles. The number of carbonyl (C=O) groups is 2. The number of hydrogen-bond donors (Lipinski definition) is 2. The second-order valence-corrected chi connectivity index (χ2v) is 7.05. The molecule has 0 unspecified atom stereocenters. The van der Waals surface area contributed by atoms with E-state index in [1.807, 2.05) is 0 Å². The molecule has 2 N–H and O–H groups in total. The topological polar surface area (TPSA) is 96.1 Å². The Bertz CT molecular complexity index is 863. The van der Waals surface area contributed by atoms with E-state index in [2.05, 4.69) is 20.8 Å². The number of hydrogen-bond acceptors (Lipinski definition) is 6. The quantitative estimate of drug-likeness (QED) is 0.604. The molecule has 1 atom stereocenters. The van der Waals surface area contributed by atoms with Gasteiger partial charge in [0.1, 0.15) is 16.7 Å². The van der Waals surface area contributed by atoms with Gasteiger partial charge >= 0.3 is 0 Å². The van der Waals surface area contributed by atoms with Crippen molar-refractivity contribution in [2.24, 2.45) is 10.2 Å². The van der Waals surface area contributed by atoms with E-state index < -0.39 is 5.25 Å². The molecule has 2 aromatic rings. The third-order valence-corrected chi connectivity index (χ3v) is 4.77. The fourth-order valence-corrected chi connectivity index (χ4v) is 3.20. The molecule has 0 aliphatic carbocycles. The lowest BCUT2D eigenvalue weighted by molar-refractivity contribution is -0.122. The fourth-order valence-electron chi connectivity index (χ4n) is 2.15. The molecule has 7 nitrogen and oxygen atoms in total. The van der Waals surface area contributed by atoms with Crippen molar-refractivity contribution in [1.29, 1.82) is 0 Å². The van der Waals surface area contributed by atoms with Crippen molar-refractivity contribution >= 4 is 51.7 Å². The van der Waals surface area contributed by atoms with Crippen molar-refractivity contribution in [3.8, 4) is 0 Å². The summed E-state index contributed by atoms with van der Waals surface area (Å²) in [5.74, 6) is 0.0601. The molecular weight excluding hydrogens is 376 g/mol. The summed E-state index contributed by atoms with van der Waals surface area (Å²) in [4.78, 5) is 24.1. The van der Waals surface area contributed by atoms with Crippen LogP contribution in [0.3, 0.4) is 0 Å². The fraction of sp³-hybridized carbons (Fsp3) is 0.176. The normalized spacial score (nSPS) is 18.8. The molecule has 2 heterocycles. The van der Waals surface area contributed by atoms with Crippen LogP contribution in [0.5, 0.6) is 0 Å². The first-order chi connectivity index (χ1) is 12.5. The Kier molecular flexibility index (Phi) is 5.75. The predicted molar refractivity (Wildman–Crippen MR) is 103 cm³/mol. The Hall–Kier alpha value is -2.58. The molecule has 134 valence electrons. The molecule has 0 bridgehead atoms. The number of nitrogens with one attached hydrogen (secondary N) is 2. The minimum absolute atomic E-state index is 0.0268. The summed E-state index contributed by atoms with van der Waals surface area (Å²) in [5.41, 5.74) is 1.21. The number of rotatable bonds is 5. The van der Waals surface area contributed by atoms with Gasteiger partial charge in [0.05, 0.1) is 6.26 Å². The van der Waals surface area contributed by atoms with E-state index in [1.165, 1.54) is 11.8 Å². The highest BCUT2D eigenvalue weighted by atomic mass is 35.5. The highest BCUT2D eigenvalue weighted by Crippen LogP contribution is 2.23. The molecule has 0 radical (unpaired) electrons. The van der Waals surface area contributed by atoms with Gasteiger partial charge in [0, 0.05) is 17.1 Å². The van der Waals surface area contributed by atoms with Gasteiger partial charge in [-0.2, -0.15) is 0 Å². The van der Waals surface area contributed by atoms with E-state index in [9.17, 15) is 9.59 Å². The van der Waals surface area contributed by atoms with E-state index in [-0.39, 0.29) is 18.2 Å². The summed E-state index contributed by atoms with van der Waals surface area (Å²) >= 11 is 6.98. The Morgan fingerprint density at radius 2 is 2.12 bits per heavy atom. The van der Waals surface area contributed by atoms with Gasteiger partial charge in [-0.25, -0.2) is 0 Å². The summed E-state index contributed by atoms with van der Waals surface area (Å²) in [6, 6.07) is 10.3. The van der Waals surface area contributed by atoms with Crippen molar-refractivity contribution < 1.29 is 14.0 Å². The minimum atomic E-state index is -0.555. The number of benzene rings is 1. The van der Waals surface area contributed by atoms with E-state index in [0.717, 1.165) is 0 Å². The minimum Gasteiger partial charge on any atom is -0.463 e. The van der Waals surface area contributed by atoms with E-state index in [4.69, 9.17) is 16.0 Å². The molecule has 1 aliphatic heterocycles. The van der Waals surface area contributed by atoms with Crippen LogP contribution in [0.1, 0.15) is 19.1 Å². The first kappa shape index (κ1) is 18.2. The lowest BCUT2D eigenvalue weighted by Crippen LogP contribution is -2.28. The monoisotopic (exact) mass is 390 g/mol. The van der Waals surface area contributed by atoms with Crippen LogP contribution < -0.4 is 10.6 Å². The smallest absolute Gasteiger partial charge is 0.240 e. The molecule has 1 aromatic carbocycles. The number of nitrogens with zero attached hydrogens (tertiary/aromatic N) is 2. The standard InChI is InChI=1S/C17H15ClN4O3S/c1-10(13-3-2-8-25-13)21-22-17-20-16(24)14(26-17)9-15(23)19-12-6-4-11(18)5-7-12/h2-8,14H,9H2,1H3,(H,19,23)(H,20,22,24)/b21-10+/t14-/m0/s1. The first-order valence-electron chi connectivity index (χ1n) is 7.70. The van der Waals surface area contributed by atoms with Crippen LogP contribution in [0, 0.1) is 0 Å². The second kappa shape index (κ2) is 8.20.